The van der Waals surface area contributed by atoms with Gasteiger partial charge in [-0.05, 0) is 38.9 Å². The van der Waals surface area contributed by atoms with Crippen LogP contribution in [0.4, 0.5) is 0 Å². The molecule has 4 nitrogen and oxygen atoms in total. The summed E-state index contributed by atoms with van der Waals surface area (Å²) >= 11 is 0. The first-order valence-corrected chi connectivity index (χ1v) is 8.41. The second-order valence-corrected chi connectivity index (χ2v) is 5.00. The van der Waals surface area contributed by atoms with E-state index in [2.05, 4.69) is 17.0 Å². The van der Waals surface area contributed by atoms with Crippen molar-refractivity contribution in [2.75, 3.05) is 27.3 Å². The molecule has 1 aliphatic heterocycles. The van der Waals surface area contributed by atoms with Crippen LogP contribution in [0.15, 0.2) is 24.3 Å². The molecule has 0 unspecified atom stereocenters. The van der Waals surface area contributed by atoms with Crippen LogP contribution >= 0.6 is 0 Å². The summed E-state index contributed by atoms with van der Waals surface area (Å²) < 4.78 is 9.63. The Bertz CT molecular complexity index is 396. The SMILES string of the molecule is CC.CC.COC(=O)[C@@]1(C)CCNC1.COc1ccc(C)cc1. The molecule has 1 fully saturated rings. The second-order valence-electron chi connectivity index (χ2n) is 5.00. The summed E-state index contributed by atoms with van der Waals surface area (Å²) in [6.45, 7) is 13.7. The van der Waals surface area contributed by atoms with E-state index in [4.69, 9.17) is 4.74 Å². The van der Waals surface area contributed by atoms with E-state index in [1.165, 1.54) is 12.7 Å². The van der Waals surface area contributed by atoms with Gasteiger partial charge >= 0.3 is 5.97 Å². The lowest BCUT2D eigenvalue weighted by Gasteiger charge is -2.18. The lowest BCUT2D eigenvalue weighted by atomic mass is 9.90. The zero-order chi connectivity index (χ0) is 18.3. The van der Waals surface area contributed by atoms with Crippen molar-refractivity contribution >= 4 is 5.97 Å². The second kappa shape index (κ2) is 14.1. The predicted octanol–water partition coefficient (Wildman–Crippen LogP) is 4.22. The number of hydrogen-bond donors (Lipinski definition) is 1. The molecule has 4 heteroatoms. The molecule has 134 valence electrons. The van der Waals surface area contributed by atoms with E-state index < -0.39 is 0 Å². The molecule has 2 rings (SSSR count). The van der Waals surface area contributed by atoms with Crippen LogP contribution in [0.3, 0.4) is 0 Å². The molecule has 1 aromatic carbocycles. The Balaban J connectivity index is 0. The van der Waals surface area contributed by atoms with E-state index in [0.29, 0.717) is 0 Å². The Morgan fingerprint density at radius 1 is 1.09 bits per heavy atom. The van der Waals surface area contributed by atoms with Gasteiger partial charge in [0.15, 0.2) is 0 Å². The van der Waals surface area contributed by atoms with Crippen molar-refractivity contribution < 1.29 is 14.3 Å². The average molecular weight is 325 g/mol. The molecular weight excluding hydrogens is 290 g/mol. The molecular formula is C19H35NO3. The van der Waals surface area contributed by atoms with Crippen molar-refractivity contribution in [3.63, 3.8) is 0 Å². The Morgan fingerprint density at radius 2 is 1.61 bits per heavy atom. The first-order valence-electron chi connectivity index (χ1n) is 8.41. The number of esters is 1. The van der Waals surface area contributed by atoms with Crippen molar-refractivity contribution in [3.05, 3.63) is 29.8 Å². The van der Waals surface area contributed by atoms with Gasteiger partial charge in [0.05, 0.1) is 19.6 Å². The van der Waals surface area contributed by atoms with Crippen LogP contribution in [0, 0.1) is 12.3 Å². The molecule has 0 aromatic heterocycles. The van der Waals surface area contributed by atoms with Crippen molar-refractivity contribution in [2.45, 2.75) is 48.0 Å². The van der Waals surface area contributed by atoms with Gasteiger partial charge in [0.25, 0.3) is 0 Å². The van der Waals surface area contributed by atoms with Gasteiger partial charge in [0.2, 0.25) is 0 Å². The number of hydrogen-bond acceptors (Lipinski definition) is 4. The number of ether oxygens (including phenoxy) is 2. The minimum absolute atomic E-state index is 0.0995. The summed E-state index contributed by atoms with van der Waals surface area (Å²) in [6, 6.07) is 7.96. The van der Waals surface area contributed by atoms with Crippen molar-refractivity contribution in [2.24, 2.45) is 5.41 Å². The zero-order valence-electron chi connectivity index (χ0n) is 16.2. The molecule has 0 saturated carbocycles. The normalized spacial score (nSPS) is 18.1. The third kappa shape index (κ3) is 9.24. The summed E-state index contributed by atoms with van der Waals surface area (Å²) in [5, 5.41) is 3.13. The first kappa shape index (κ1) is 23.7. The first-order chi connectivity index (χ1) is 11.0. The molecule has 1 atom stereocenters. The maximum Gasteiger partial charge on any atom is 0.312 e. The van der Waals surface area contributed by atoms with Gasteiger partial charge in [-0.15, -0.1) is 0 Å². The zero-order valence-corrected chi connectivity index (χ0v) is 16.2. The van der Waals surface area contributed by atoms with Gasteiger partial charge in [-0.1, -0.05) is 45.4 Å². The molecule has 1 aromatic rings. The summed E-state index contributed by atoms with van der Waals surface area (Å²) in [6.07, 6.45) is 0.889. The lowest BCUT2D eigenvalue weighted by Crippen LogP contribution is -2.31. The van der Waals surface area contributed by atoms with E-state index >= 15 is 0 Å². The summed E-state index contributed by atoms with van der Waals surface area (Å²) in [4.78, 5) is 11.1. The molecule has 0 radical (unpaired) electrons. The molecule has 0 bridgehead atoms. The van der Waals surface area contributed by atoms with Gasteiger partial charge in [-0.25, -0.2) is 0 Å². The van der Waals surface area contributed by atoms with Crippen molar-refractivity contribution in [1.82, 2.24) is 5.32 Å². The van der Waals surface area contributed by atoms with Crippen LogP contribution in [0.1, 0.15) is 46.6 Å². The maximum atomic E-state index is 11.1. The number of benzene rings is 1. The Kier molecular flexibility index (Phi) is 14.5. The Labute approximate surface area is 142 Å². The minimum Gasteiger partial charge on any atom is -0.497 e. The minimum atomic E-state index is -0.269. The van der Waals surface area contributed by atoms with Gasteiger partial charge < -0.3 is 14.8 Å². The predicted molar refractivity (Wildman–Crippen MR) is 98.0 cm³/mol. The number of carbonyl (C=O) groups is 1. The number of carbonyl (C=O) groups excluding carboxylic acids is 1. The summed E-state index contributed by atoms with van der Waals surface area (Å²) in [7, 11) is 3.11. The van der Waals surface area contributed by atoms with E-state index in [-0.39, 0.29) is 11.4 Å². The lowest BCUT2D eigenvalue weighted by molar-refractivity contribution is -0.150. The molecule has 0 spiro atoms. The van der Waals surface area contributed by atoms with Gasteiger partial charge in [0, 0.05) is 6.54 Å². The third-order valence-corrected chi connectivity index (χ3v) is 3.30. The molecule has 1 N–H and O–H groups in total. The Morgan fingerprint density at radius 3 is 1.96 bits per heavy atom. The maximum absolute atomic E-state index is 11.1. The highest BCUT2D eigenvalue weighted by atomic mass is 16.5. The fourth-order valence-electron chi connectivity index (χ4n) is 1.91. The number of rotatable bonds is 2. The van der Waals surface area contributed by atoms with Crippen LogP contribution in [0.5, 0.6) is 5.75 Å². The number of aryl methyl sites for hydroxylation is 1. The fourth-order valence-corrected chi connectivity index (χ4v) is 1.91. The molecule has 1 aliphatic rings. The van der Waals surface area contributed by atoms with E-state index in [1.807, 2.05) is 58.9 Å². The van der Waals surface area contributed by atoms with Crippen molar-refractivity contribution in [1.29, 1.82) is 0 Å². The Hall–Kier alpha value is -1.55. The monoisotopic (exact) mass is 325 g/mol. The van der Waals surface area contributed by atoms with Gasteiger partial charge in [-0.3, -0.25) is 4.79 Å². The third-order valence-electron chi connectivity index (χ3n) is 3.30. The van der Waals surface area contributed by atoms with E-state index in [9.17, 15) is 4.79 Å². The highest BCUT2D eigenvalue weighted by molar-refractivity contribution is 5.76. The topological polar surface area (TPSA) is 47.6 Å². The largest absolute Gasteiger partial charge is 0.497 e. The van der Waals surface area contributed by atoms with Crippen molar-refractivity contribution in [3.8, 4) is 5.75 Å². The quantitative estimate of drug-likeness (QED) is 0.827. The van der Waals surface area contributed by atoms with Crippen LogP contribution in [0.2, 0.25) is 0 Å². The molecule has 1 heterocycles. The van der Waals surface area contributed by atoms with Crippen LogP contribution in [-0.2, 0) is 9.53 Å². The molecule has 0 amide bonds. The van der Waals surface area contributed by atoms with E-state index in [1.54, 1.807) is 7.11 Å². The molecule has 23 heavy (non-hydrogen) atoms. The smallest absolute Gasteiger partial charge is 0.312 e. The summed E-state index contributed by atoms with van der Waals surface area (Å²) in [5.74, 6) is 0.818. The van der Waals surface area contributed by atoms with E-state index in [0.717, 1.165) is 25.3 Å². The average Bonchev–Trinajstić information content (AvgIpc) is 3.07. The summed E-state index contributed by atoms with van der Waals surface area (Å²) in [5.41, 5.74) is 0.991. The molecule has 0 aliphatic carbocycles. The highest BCUT2D eigenvalue weighted by Crippen LogP contribution is 2.25. The standard InChI is InChI=1S/C8H10O.C7H13NO2.2C2H6/c1-7-3-5-8(9-2)6-4-7;1-7(6(9)10-2)3-4-8-5-7;2*1-2/h3-6H,1-2H3;8H,3-5H2,1-2H3;2*1-2H3/t;7-;;/m.0../s1. The van der Waals surface area contributed by atoms with Gasteiger partial charge in [0.1, 0.15) is 5.75 Å². The van der Waals surface area contributed by atoms with Crippen LogP contribution in [0.25, 0.3) is 0 Å². The number of nitrogens with one attached hydrogen (secondary N) is 1. The van der Waals surface area contributed by atoms with Crippen LogP contribution < -0.4 is 10.1 Å². The molecule has 1 saturated heterocycles. The van der Waals surface area contributed by atoms with Crippen LogP contribution in [-0.4, -0.2) is 33.3 Å². The highest BCUT2D eigenvalue weighted by Gasteiger charge is 2.37. The van der Waals surface area contributed by atoms with Gasteiger partial charge in [-0.2, -0.15) is 0 Å². The fraction of sp³-hybridized carbons (Fsp3) is 0.632. The number of methoxy groups -OCH3 is 2.